The predicted molar refractivity (Wildman–Crippen MR) is 97.4 cm³/mol. The maximum absolute atomic E-state index is 12.0. The quantitative estimate of drug-likeness (QED) is 0.594. The summed E-state index contributed by atoms with van der Waals surface area (Å²) in [7, 11) is 0. The topological polar surface area (TPSA) is 95.9 Å². The van der Waals surface area contributed by atoms with Gasteiger partial charge in [0.15, 0.2) is 0 Å². The number of nitrogens with zero attached hydrogens (tertiary/aromatic N) is 4. The van der Waals surface area contributed by atoms with E-state index in [1.165, 1.54) is 6.20 Å². The van der Waals surface area contributed by atoms with Gasteiger partial charge in [-0.05, 0) is 25.4 Å². The number of hydrogen-bond acceptors (Lipinski definition) is 6. The standard InChI is InChI=1S/C13H15Cl2N5O2.2ClH/c1-3-22-12(21)11-18-9(6-20(11)5-7(2)16)10-8(14)4-17-13(15)19-10;;/h4,6-7H,3,5,16H2,1-2H3;2*1H/t7-;;/m0../s1. The van der Waals surface area contributed by atoms with Crippen LogP contribution in [0.3, 0.4) is 0 Å². The van der Waals surface area contributed by atoms with E-state index < -0.39 is 5.97 Å². The number of hydrogen-bond donors (Lipinski definition) is 1. The summed E-state index contributed by atoms with van der Waals surface area (Å²) >= 11 is 11.8. The zero-order valence-electron chi connectivity index (χ0n) is 12.9. The molecule has 0 aliphatic carbocycles. The van der Waals surface area contributed by atoms with Gasteiger partial charge in [-0.15, -0.1) is 24.8 Å². The fourth-order valence-corrected chi connectivity index (χ4v) is 2.18. The van der Waals surface area contributed by atoms with E-state index in [4.69, 9.17) is 33.7 Å². The molecule has 7 nitrogen and oxygen atoms in total. The molecule has 134 valence electrons. The summed E-state index contributed by atoms with van der Waals surface area (Å²) in [5.41, 5.74) is 6.54. The van der Waals surface area contributed by atoms with E-state index in [2.05, 4.69) is 15.0 Å². The molecule has 2 heterocycles. The highest BCUT2D eigenvalue weighted by molar-refractivity contribution is 6.33. The first kappa shape index (κ1) is 22.9. The Morgan fingerprint density at radius 2 is 2.04 bits per heavy atom. The van der Waals surface area contributed by atoms with Crippen molar-refractivity contribution in [3.05, 3.63) is 28.5 Å². The fourth-order valence-electron chi connectivity index (χ4n) is 1.86. The summed E-state index contributed by atoms with van der Waals surface area (Å²) in [4.78, 5) is 24.1. The molecule has 0 amide bonds. The molecule has 2 aromatic rings. The van der Waals surface area contributed by atoms with Crippen LogP contribution in [0.5, 0.6) is 0 Å². The van der Waals surface area contributed by atoms with E-state index in [1.807, 2.05) is 6.92 Å². The highest BCUT2D eigenvalue weighted by atomic mass is 35.5. The summed E-state index contributed by atoms with van der Waals surface area (Å²) in [6.45, 7) is 4.19. The van der Waals surface area contributed by atoms with E-state index in [0.717, 1.165) is 0 Å². The molecule has 24 heavy (non-hydrogen) atoms. The van der Waals surface area contributed by atoms with Gasteiger partial charge in [0.25, 0.3) is 0 Å². The Labute approximate surface area is 161 Å². The number of rotatable bonds is 5. The van der Waals surface area contributed by atoms with Crippen LogP contribution in [0.2, 0.25) is 10.3 Å². The average molecular weight is 417 g/mol. The van der Waals surface area contributed by atoms with E-state index in [-0.39, 0.29) is 53.6 Å². The van der Waals surface area contributed by atoms with Crippen molar-refractivity contribution >= 4 is 54.0 Å². The van der Waals surface area contributed by atoms with Crippen LogP contribution in [0.25, 0.3) is 11.4 Å². The summed E-state index contributed by atoms with van der Waals surface area (Å²) in [5, 5.41) is 0.323. The molecule has 0 radical (unpaired) electrons. The van der Waals surface area contributed by atoms with Gasteiger partial charge < -0.3 is 15.0 Å². The van der Waals surface area contributed by atoms with Crippen molar-refractivity contribution in [2.45, 2.75) is 26.4 Å². The zero-order valence-corrected chi connectivity index (χ0v) is 16.0. The molecule has 2 N–H and O–H groups in total. The molecule has 0 aliphatic heterocycles. The monoisotopic (exact) mass is 415 g/mol. The molecule has 0 saturated carbocycles. The number of ether oxygens (including phenoxy) is 1. The van der Waals surface area contributed by atoms with Gasteiger partial charge in [0, 0.05) is 18.8 Å². The first-order valence-electron chi connectivity index (χ1n) is 6.60. The molecule has 2 aromatic heterocycles. The first-order valence-corrected chi connectivity index (χ1v) is 7.36. The smallest absolute Gasteiger partial charge is 0.374 e. The lowest BCUT2D eigenvalue weighted by Gasteiger charge is -2.09. The fraction of sp³-hybridized carbons (Fsp3) is 0.385. The zero-order chi connectivity index (χ0) is 16.3. The van der Waals surface area contributed by atoms with Crippen LogP contribution in [-0.4, -0.2) is 38.1 Å². The summed E-state index contributed by atoms with van der Waals surface area (Å²) in [6.07, 6.45) is 3.01. The summed E-state index contributed by atoms with van der Waals surface area (Å²) in [5.74, 6) is -0.398. The summed E-state index contributed by atoms with van der Waals surface area (Å²) in [6, 6.07) is -0.167. The number of halogens is 4. The maximum atomic E-state index is 12.0. The molecule has 0 fully saturated rings. The van der Waals surface area contributed by atoms with Crippen LogP contribution in [0.1, 0.15) is 24.5 Å². The lowest BCUT2D eigenvalue weighted by Crippen LogP contribution is -2.24. The molecule has 0 unspecified atom stereocenters. The number of imidazole rings is 1. The van der Waals surface area contributed by atoms with Crippen molar-refractivity contribution in [2.24, 2.45) is 5.73 Å². The Morgan fingerprint density at radius 3 is 2.62 bits per heavy atom. The number of esters is 1. The lowest BCUT2D eigenvalue weighted by atomic mass is 10.3. The third-order valence-electron chi connectivity index (χ3n) is 2.68. The summed E-state index contributed by atoms with van der Waals surface area (Å²) < 4.78 is 6.61. The second-order valence-electron chi connectivity index (χ2n) is 4.64. The van der Waals surface area contributed by atoms with E-state index in [0.29, 0.717) is 17.9 Å². The van der Waals surface area contributed by atoms with Gasteiger partial charge in [-0.3, -0.25) is 0 Å². The van der Waals surface area contributed by atoms with Crippen molar-refractivity contribution < 1.29 is 9.53 Å². The highest BCUT2D eigenvalue weighted by Crippen LogP contribution is 2.26. The van der Waals surface area contributed by atoms with Gasteiger partial charge in [-0.2, -0.15) is 0 Å². The molecule has 11 heteroatoms. The molecular weight excluding hydrogens is 400 g/mol. The minimum atomic E-state index is -0.536. The van der Waals surface area contributed by atoms with Crippen LogP contribution in [-0.2, 0) is 11.3 Å². The maximum Gasteiger partial charge on any atom is 0.374 e. The van der Waals surface area contributed by atoms with Crippen LogP contribution in [0.15, 0.2) is 12.4 Å². The van der Waals surface area contributed by atoms with E-state index >= 15 is 0 Å². The molecule has 0 saturated heterocycles. The van der Waals surface area contributed by atoms with Gasteiger partial charge in [0.2, 0.25) is 11.1 Å². The molecule has 1 atom stereocenters. The Hall–Kier alpha value is -1.12. The van der Waals surface area contributed by atoms with E-state index in [1.54, 1.807) is 17.7 Å². The number of carbonyl (C=O) groups is 1. The molecular formula is C13H17Cl4N5O2. The molecule has 0 bridgehead atoms. The van der Waals surface area contributed by atoms with Crippen molar-refractivity contribution in [3.8, 4) is 11.4 Å². The third-order valence-corrected chi connectivity index (χ3v) is 3.14. The Bertz CT molecular complexity index is 693. The first-order chi connectivity index (χ1) is 10.4. The molecule has 0 aromatic carbocycles. The van der Waals surface area contributed by atoms with Gasteiger partial charge in [0.05, 0.1) is 17.8 Å². The molecule has 0 spiro atoms. The largest absolute Gasteiger partial charge is 0.460 e. The SMILES string of the molecule is CCOC(=O)c1nc(-c2nc(Cl)ncc2Cl)cn1C[C@H](C)N.Cl.Cl. The van der Waals surface area contributed by atoms with Crippen molar-refractivity contribution in [3.63, 3.8) is 0 Å². The Balaban J connectivity index is 0.00000264. The Morgan fingerprint density at radius 1 is 1.38 bits per heavy atom. The van der Waals surface area contributed by atoms with Crippen molar-refractivity contribution in [2.75, 3.05) is 6.61 Å². The van der Waals surface area contributed by atoms with Crippen LogP contribution in [0.4, 0.5) is 0 Å². The Kier molecular flexibility index (Phi) is 9.54. The third kappa shape index (κ3) is 5.46. The van der Waals surface area contributed by atoms with Gasteiger partial charge in [-0.25, -0.2) is 19.7 Å². The average Bonchev–Trinajstić information content (AvgIpc) is 2.84. The van der Waals surface area contributed by atoms with Gasteiger partial charge in [-0.1, -0.05) is 11.6 Å². The molecule has 2 rings (SSSR count). The second kappa shape index (κ2) is 10.0. The van der Waals surface area contributed by atoms with Crippen LogP contribution < -0.4 is 5.73 Å². The van der Waals surface area contributed by atoms with Crippen molar-refractivity contribution in [1.82, 2.24) is 19.5 Å². The lowest BCUT2D eigenvalue weighted by molar-refractivity contribution is 0.0506. The normalized spacial score (nSPS) is 11.2. The molecule has 0 aliphatic rings. The number of aromatic nitrogens is 4. The number of carbonyl (C=O) groups excluding carboxylic acids is 1. The van der Waals surface area contributed by atoms with Gasteiger partial charge in [0.1, 0.15) is 11.4 Å². The van der Waals surface area contributed by atoms with Crippen LogP contribution >= 0.6 is 48.0 Å². The van der Waals surface area contributed by atoms with Crippen molar-refractivity contribution in [1.29, 1.82) is 0 Å². The number of nitrogens with two attached hydrogens (primary N) is 1. The highest BCUT2D eigenvalue weighted by Gasteiger charge is 2.20. The predicted octanol–water partition coefficient (Wildman–Crippen LogP) is 3.01. The minimum Gasteiger partial charge on any atom is -0.460 e. The minimum absolute atomic E-state index is 0. The van der Waals surface area contributed by atoms with E-state index in [9.17, 15) is 4.79 Å². The second-order valence-corrected chi connectivity index (χ2v) is 5.38. The van der Waals surface area contributed by atoms with Crippen LogP contribution in [0, 0.1) is 0 Å². The van der Waals surface area contributed by atoms with Gasteiger partial charge >= 0.3 is 5.97 Å².